The van der Waals surface area contributed by atoms with Crippen LogP contribution in [-0.4, -0.2) is 25.2 Å². The number of carbonyl (C=O) groups is 1. The highest BCUT2D eigenvalue weighted by Gasteiger charge is 2.14. The summed E-state index contributed by atoms with van der Waals surface area (Å²) < 4.78 is 5.43. The largest absolute Gasteiger partial charge is 0.289 e. The van der Waals surface area contributed by atoms with Gasteiger partial charge in [-0.2, -0.15) is 5.10 Å². The number of nitrogens with zero attached hydrogens (tertiary/aromatic N) is 4. The number of aryl methyl sites for hydroxylation is 2. The Balaban J connectivity index is 2.26. The van der Waals surface area contributed by atoms with Gasteiger partial charge in [0.25, 0.3) is 0 Å². The highest BCUT2D eigenvalue weighted by Crippen LogP contribution is 2.13. The van der Waals surface area contributed by atoms with Crippen molar-refractivity contribution < 1.29 is 4.79 Å². The predicted octanol–water partition coefficient (Wildman–Crippen LogP) is 1.78. The minimum Gasteiger partial charge on any atom is -0.289 e. The van der Waals surface area contributed by atoms with Crippen molar-refractivity contribution in [2.75, 3.05) is 0 Å². The molecular weight excluding hydrogens is 236 g/mol. The quantitative estimate of drug-likeness (QED) is 0.613. The molecule has 2 aromatic heterocycles. The molecule has 0 unspecified atom stereocenters. The van der Waals surface area contributed by atoms with Crippen molar-refractivity contribution in [3.05, 3.63) is 34.1 Å². The monoisotopic (exact) mass is 248 g/mol. The molecule has 2 heterocycles. The summed E-state index contributed by atoms with van der Waals surface area (Å²) in [6.45, 7) is 3.71. The lowest BCUT2D eigenvalue weighted by Crippen LogP contribution is -1.99. The molecule has 6 heteroatoms. The molecule has 17 heavy (non-hydrogen) atoms. The van der Waals surface area contributed by atoms with Crippen LogP contribution in [0.3, 0.4) is 0 Å². The van der Waals surface area contributed by atoms with E-state index in [-0.39, 0.29) is 5.78 Å². The van der Waals surface area contributed by atoms with E-state index in [0.29, 0.717) is 11.3 Å². The molecule has 5 nitrogen and oxygen atoms in total. The van der Waals surface area contributed by atoms with Crippen LogP contribution in [0, 0.1) is 13.8 Å². The highest BCUT2D eigenvalue weighted by molar-refractivity contribution is 7.03. The zero-order chi connectivity index (χ0) is 12.4. The Morgan fingerprint density at radius 3 is 2.76 bits per heavy atom. The number of hydrogen-bond acceptors (Lipinski definition) is 5. The first-order valence-corrected chi connectivity index (χ1v) is 5.93. The van der Waals surface area contributed by atoms with Crippen LogP contribution in [0.25, 0.3) is 6.08 Å². The number of hydrogen-bond donors (Lipinski definition) is 0. The van der Waals surface area contributed by atoms with E-state index in [1.165, 1.54) is 17.6 Å². The number of ketones is 1. The van der Waals surface area contributed by atoms with Crippen LogP contribution < -0.4 is 0 Å². The molecule has 0 bridgehead atoms. The van der Waals surface area contributed by atoms with Gasteiger partial charge < -0.3 is 0 Å². The van der Waals surface area contributed by atoms with Crippen LogP contribution in [0.2, 0.25) is 0 Å². The third-order valence-electron chi connectivity index (χ3n) is 2.54. The second-order valence-corrected chi connectivity index (χ2v) is 4.31. The lowest BCUT2D eigenvalue weighted by Gasteiger charge is -1.95. The zero-order valence-corrected chi connectivity index (χ0v) is 10.7. The molecule has 2 rings (SSSR count). The van der Waals surface area contributed by atoms with Gasteiger partial charge in [-0.25, -0.2) is 0 Å². The molecule has 0 aromatic carbocycles. The minimum atomic E-state index is -0.0545. The molecule has 0 fully saturated rings. The maximum atomic E-state index is 12.0. The molecule has 0 aliphatic rings. The molecule has 0 aliphatic heterocycles. The molecule has 0 atom stereocenters. The lowest BCUT2D eigenvalue weighted by atomic mass is 10.1. The van der Waals surface area contributed by atoms with Gasteiger partial charge >= 0.3 is 0 Å². The Morgan fingerprint density at radius 1 is 1.47 bits per heavy atom. The number of allylic oxidation sites excluding steroid dienone is 1. The van der Waals surface area contributed by atoms with E-state index >= 15 is 0 Å². The second kappa shape index (κ2) is 4.58. The van der Waals surface area contributed by atoms with E-state index in [0.717, 1.165) is 11.4 Å². The van der Waals surface area contributed by atoms with E-state index in [2.05, 4.69) is 14.7 Å². The molecule has 0 radical (unpaired) electrons. The molecule has 0 saturated heterocycles. The smallest absolute Gasteiger partial charge is 0.189 e. The zero-order valence-electron chi connectivity index (χ0n) is 9.84. The van der Waals surface area contributed by atoms with E-state index in [4.69, 9.17) is 0 Å². The van der Waals surface area contributed by atoms with Gasteiger partial charge in [0.15, 0.2) is 5.78 Å². The molecule has 0 saturated carbocycles. The summed E-state index contributed by atoms with van der Waals surface area (Å²) in [6, 6.07) is 0. The van der Waals surface area contributed by atoms with Gasteiger partial charge in [-0.1, -0.05) is 4.49 Å². The summed E-state index contributed by atoms with van der Waals surface area (Å²) in [5.41, 5.74) is 2.97. The Hall–Kier alpha value is -1.82. The lowest BCUT2D eigenvalue weighted by molar-refractivity contribution is 0.104. The van der Waals surface area contributed by atoms with E-state index in [1.54, 1.807) is 16.1 Å². The van der Waals surface area contributed by atoms with Crippen LogP contribution in [0.15, 0.2) is 11.5 Å². The molecule has 0 spiro atoms. The summed E-state index contributed by atoms with van der Waals surface area (Å²) in [5, 5.41) is 9.84. The van der Waals surface area contributed by atoms with Crippen LogP contribution in [0.5, 0.6) is 0 Å². The summed E-state index contributed by atoms with van der Waals surface area (Å²) in [5.74, 6) is -0.0545. The summed E-state index contributed by atoms with van der Waals surface area (Å²) in [4.78, 5) is 12.0. The van der Waals surface area contributed by atoms with Gasteiger partial charge in [-0.15, -0.1) is 5.10 Å². The average Bonchev–Trinajstić information content (AvgIpc) is 2.86. The third-order valence-corrected chi connectivity index (χ3v) is 3.06. The number of carbonyl (C=O) groups excluding carboxylic acids is 1. The standard InChI is InChI=1S/C11H12N4OS/c1-7-11(8(2)15(3)13-7)10(16)5-4-9-6-17-14-12-9/h4-6H,1-3H3. The van der Waals surface area contributed by atoms with Crippen LogP contribution in [-0.2, 0) is 7.05 Å². The van der Waals surface area contributed by atoms with Crippen LogP contribution in [0.1, 0.15) is 27.4 Å². The first-order valence-electron chi connectivity index (χ1n) is 5.09. The van der Waals surface area contributed by atoms with Crippen molar-refractivity contribution in [1.82, 2.24) is 19.4 Å². The van der Waals surface area contributed by atoms with Crippen molar-refractivity contribution in [1.29, 1.82) is 0 Å². The Kier molecular flexibility index (Phi) is 3.14. The molecular formula is C11H12N4OS. The molecule has 88 valence electrons. The maximum Gasteiger partial charge on any atom is 0.189 e. The number of rotatable bonds is 3. The summed E-state index contributed by atoms with van der Waals surface area (Å²) in [6.07, 6.45) is 3.17. The van der Waals surface area contributed by atoms with E-state index in [1.807, 2.05) is 20.9 Å². The van der Waals surface area contributed by atoms with Crippen molar-refractivity contribution in [3.8, 4) is 0 Å². The maximum absolute atomic E-state index is 12.0. The Bertz CT molecular complexity index is 569. The molecule has 0 amide bonds. The van der Waals surface area contributed by atoms with Crippen LogP contribution in [0.4, 0.5) is 0 Å². The van der Waals surface area contributed by atoms with Gasteiger partial charge in [-0.05, 0) is 37.5 Å². The fourth-order valence-electron chi connectivity index (χ4n) is 1.62. The first kappa shape index (κ1) is 11.7. The molecule has 0 aliphatic carbocycles. The molecule has 2 aromatic rings. The Labute approximate surface area is 103 Å². The topological polar surface area (TPSA) is 60.7 Å². The van der Waals surface area contributed by atoms with Crippen molar-refractivity contribution >= 4 is 23.4 Å². The number of aromatic nitrogens is 4. The summed E-state index contributed by atoms with van der Waals surface area (Å²) in [7, 11) is 1.83. The van der Waals surface area contributed by atoms with Crippen molar-refractivity contribution in [3.63, 3.8) is 0 Å². The second-order valence-electron chi connectivity index (χ2n) is 3.70. The SMILES string of the molecule is Cc1nn(C)c(C)c1C(=O)C=Cc1csnn1. The highest BCUT2D eigenvalue weighted by atomic mass is 32.1. The minimum absolute atomic E-state index is 0.0545. The fourth-order valence-corrected chi connectivity index (χ4v) is 2.04. The predicted molar refractivity (Wildman–Crippen MR) is 66.0 cm³/mol. The normalized spacial score (nSPS) is 11.2. The average molecular weight is 248 g/mol. The van der Waals surface area contributed by atoms with Gasteiger partial charge in [-0.3, -0.25) is 9.48 Å². The Morgan fingerprint density at radius 2 is 2.24 bits per heavy atom. The van der Waals surface area contributed by atoms with Crippen molar-refractivity contribution in [2.24, 2.45) is 7.05 Å². The third kappa shape index (κ3) is 2.31. The molecule has 0 N–H and O–H groups in total. The van der Waals surface area contributed by atoms with Gasteiger partial charge in [0, 0.05) is 18.1 Å². The van der Waals surface area contributed by atoms with E-state index in [9.17, 15) is 4.79 Å². The van der Waals surface area contributed by atoms with Gasteiger partial charge in [0.05, 0.1) is 17.0 Å². The van der Waals surface area contributed by atoms with Crippen LogP contribution >= 0.6 is 11.5 Å². The summed E-state index contributed by atoms with van der Waals surface area (Å²) >= 11 is 1.26. The van der Waals surface area contributed by atoms with E-state index < -0.39 is 0 Å². The van der Waals surface area contributed by atoms with Gasteiger partial charge in [0.1, 0.15) is 0 Å². The van der Waals surface area contributed by atoms with Crippen molar-refractivity contribution in [2.45, 2.75) is 13.8 Å². The van der Waals surface area contributed by atoms with Gasteiger partial charge in [0.2, 0.25) is 0 Å². The fraction of sp³-hybridized carbons (Fsp3) is 0.273. The first-order chi connectivity index (χ1) is 8.09.